The third kappa shape index (κ3) is 4.88. The molecule has 0 amide bonds. The average molecular weight is 408 g/mol. The Balaban J connectivity index is 2.01. The smallest absolute Gasteiger partial charge is 0.196 e. The summed E-state index contributed by atoms with van der Waals surface area (Å²) in [6, 6.07) is 19.0. The fourth-order valence-electron chi connectivity index (χ4n) is 2.74. The van der Waals surface area contributed by atoms with E-state index < -0.39 is 7.29 Å². The Morgan fingerprint density at radius 3 is 1.69 bits per heavy atom. The molecule has 1 fully saturated rings. The van der Waals surface area contributed by atoms with E-state index in [1.54, 1.807) is 11.6 Å². The first-order valence-corrected chi connectivity index (χ1v) is 10.9. The van der Waals surface area contributed by atoms with Crippen molar-refractivity contribution in [2.45, 2.75) is 0 Å². The second kappa shape index (κ2) is 9.03. The van der Waals surface area contributed by atoms with Crippen molar-refractivity contribution >= 4 is 40.6 Å². The number of ether oxygens (including phenoxy) is 1. The summed E-state index contributed by atoms with van der Waals surface area (Å²) in [6.45, 7) is 2.22. The largest absolute Gasteiger partial charge is 0.379 e. The van der Waals surface area contributed by atoms with Crippen LogP contribution in [-0.4, -0.2) is 31.0 Å². The lowest BCUT2D eigenvalue weighted by Crippen LogP contribution is -2.33. The quantitative estimate of drug-likeness (QED) is 0.563. The van der Waals surface area contributed by atoms with Crippen molar-refractivity contribution in [3.8, 4) is 0 Å². The lowest BCUT2D eigenvalue weighted by molar-refractivity contribution is 0.0731. The first kappa shape index (κ1) is 19.4. The van der Waals surface area contributed by atoms with Gasteiger partial charge in [0.2, 0.25) is 0 Å². The minimum Gasteiger partial charge on any atom is -0.379 e. The van der Waals surface area contributed by atoms with Gasteiger partial charge >= 0.3 is 0 Å². The molecule has 2 aromatic carbocycles. The predicted octanol–water partition coefficient (Wildman–Crippen LogP) is 6.07. The highest BCUT2D eigenvalue weighted by atomic mass is 35.5. The highest BCUT2D eigenvalue weighted by Gasteiger charge is 2.29. The van der Waals surface area contributed by atoms with Crippen molar-refractivity contribution in [2.24, 2.45) is 0 Å². The molecule has 1 aliphatic rings. The molecule has 0 unspecified atom stereocenters. The maximum atomic E-state index is 13.9. The van der Waals surface area contributed by atoms with E-state index in [0.29, 0.717) is 36.4 Å². The summed E-state index contributed by atoms with van der Waals surface area (Å²) in [5.74, 6) is 3.28. The summed E-state index contributed by atoms with van der Waals surface area (Å²) < 4.78 is 21.2. The molecule has 0 aliphatic carbocycles. The van der Waals surface area contributed by atoms with E-state index in [4.69, 9.17) is 27.9 Å². The Labute approximate surface area is 164 Å². The molecule has 0 atom stereocenters. The number of hydrogen-bond acceptors (Lipinski definition) is 2. The maximum Gasteiger partial charge on any atom is 0.196 e. The second-order valence-corrected chi connectivity index (χ2v) is 9.17. The second-order valence-electron chi connectivity index (χ2n) is 5.92. The number of morpholine rings is 1. The molecule has 0 spiro atoms. The van der Waals surface area contributed by atoms with Crippen LogP contribution in [-0.2, 0) is 9.30 Å². The minimum atomic E-state index is -3.07. The van der Waals surface area contributed by atoms with Crippen molar-refractivity contribution in [2.75, 3.05) is 26.3 Å². The molecule has 3 rings (SSSR count). The molecule has 1 aliphatic heterocycles. The van der Waals surface area contributed by atoms with E-state index in [1.165, 1.54) is 0 Å². The van der Waals surface area contributed by atoms with E-state index in [1.807, 2.05) is 65.3 Å². The van der Waals surface area contributed by atoms with E-state index in [9.17, 15) is 4.57 Å². The molecule has 1 heterocycles. The molecule has 1 saturated heterocycles. The highest BCUT2D eigenvalue weighted by Crippen LogP contribution is 2.57. The number of hydrogen-bond donors (Lipinski definition) is 0. The molecule has 2 aromatic rings. The van der Waals surface area contributed by atoms with Gasteiger partial charge in [-0.3, -0.25) is 4.57 Å². The van der Waals surface area contributed by atoms with E-state index >= 15 is 0 Å². The molecular formula is C20H20Cl2NO2P. The average Bonchev–Trinajstić information content (AvgIpc) is 2.70. The van der Waals surface area contributed by atoms with Gasteiger partial charge in [0.1, 0.15) is 0 Å². The van der Waals surface area contributed by atoms with Crippen molar-refractivity contribution in [1.29, 1.82) is 0 Å². The van der Waals surface area contributed by atoms with Gasteiger partial charge in [0.05, 0.1) is 23.3 Å². The van der Waals surface area contributed by atoms with Crippen molar-refractivity contribution < 1.29 is 9.30 Å². The summed E-state index contributed by atoms with van der Waals surface area (Å²) in [5, 5.41) is 0.906. The summed E-state index contributed by atoms with van der Waals surface area (Å²) in [5.41, 5.74) is 1.65. The molecular weight excluding hydrogens is 388 g/mol. The normalized spacial score (nSPS) is 19.2. The van der Waals surface area contributed by atoms with Crippen LogP contribution < -0.4 is 0 Å². The molecule has 0 bridgehead atoms. The summed E-state index contributed by atoms with van der Waals surface area (Å²) in [4.78, 5) is 0. The number of rotatable bonds is 5. The fourth-order valence-corrected chi connectivity index (χ4v) is 5.96. The summed E-state index contributed by atoms with van der Waals surface area (Å²) >= 11 is 13.0. The molecule has 0 aromatic heterocycles. The van der Waals surface area contributed by atoms with Gasteiger partial charge in [-0.15, -0.1) is 0 Å². The lowest BCUT2D eigenvalue weighted by Gasteiger charge is -2.31. The highest BCUT2D eigenvalue weighted by molar-refractivity contribution is 7.68. The fraction of sp³-hybridized carbons (Fsp3) is 0.200. The molecule has 0 radical (unpaired) electrons. The zero-order valence-corrected chi connectivity index (χ0v) is 16.6. The minimum absolute atomic E-state index is 0.453. The van der Waals surface area contributed by atoms with Gasteiger partial charge in [-0.2, -0.15) is 0 Å². The first-order chi connectivity index (χ1) is 12.6. The van der Waals surface area contributed by atoms with Crippen molar-refractivity contribution in [3.05, 3.63) is 83.4 Å². The van der Waals surface area contributed by atoms with Gasteiger partial charge in [-0.25, -0.2) is 4.67 Å². The van der Waals surface area contributed by atoms with Gasteiger partial charge in [0, 0.05) is 24.7 Å². The van der Waals surface area contributed by atoms with E-state index in [2.05, 4.69) is 0 Å². The van der Waals surface area contributed by atoms with Gasteiger partial charge in [0.15, 0.2) is 7.29 Å². The van der Waals surface area contributed by atoms with E-state index in [-0.39, 0.29) is 0 Å². The third-order valence-electron chi connectivity index (χ3n) is 4.13. The zero-order valence-electron chi connectivity index (χ0n) is 14.2. The molecule has 26 heavy (non-hydrogen) atoms. The number of nitrogens with zero attached hydrogens (tertiary/aromatic N) is 1. The van der Waals surface area contributed by atoms with Crippen LogP contribution in [0.15, 0.2) is 72.3 Å². The first-order valence-electron chi connectivity index (χ1n) is 8.39. The molecule has 0 N–H and O–H groups in total. The molecule has 0 saturated carbocycles. The van der Waals surface area contributed by atoms with Crippen LogP contribution in [0.5, 0.6) is 0 Å². The van der Waals surface area contributed by atoms with E-state index in [0.717, 1.165) is 11.1 Å². The Bertz CT molecular complexity index is 772. The third-order valence-corrected chi connectivity index (χ3v) is 7.62. The number of benzene rings is 2. The molecule has 3 nitrogen and oxygen atoms in total. The molecule has 6 heteroatoms. The van der Waals surface area contributed by atoms with Crippen LogP contribution in [0.1, 0.15) is 11.1 Å². The molecule has 136 valence electrons. The van der Waals surface area contributed by atoms with Crippen LogP contribution in [0, 0.1) is 0 Å². The predicted molar refractivity (Wildman–Crippen MR) is 111 cm³/mol. The summed E-state index contributed by atoms with van der Waals surface area (Å²) in [7, 11) is -3.07. The van der Waals surface area contributed by atoms with Crippen LogP contribution in [0.2, 0.25) is 0 Å². The van der Waals surface area contributed by atoms with Crippen molar-refractivity contribution in [1.82, 2.24) is 4.67 Å². The monoisotopic (exact) mass is 407 g/mol. The van der Waals surface area contributed by atoms with Gasteiger partial charge in [0.25, 0.3) is 0 Å². The topological polar surface area (TPSA) is 29.5 Å². The van der Waals surface area contributed by atoms with Crippen LogP contribution in [0.4, 0.5) is 0 Å². The maximum absolute atomic E-state index is 13.9. The number of halogens is 2. The Morgan fingerprint density at radius 2 is 1.27 bits per heavy atom. The standard InChI is InChI=1S/C20H20Cl2NO2P/c21-19(17-7-3-1-4-8-17)15-26(24,23-11-13-25-14-12-23)16-20(22)18-9-5-2-6-10-18/h1-10,15-16H,11-14H2. The van der Waals surface area contributed by atoms with Gasteiger partial charge in [-0.05, 0) is 11.1 Å². The SMILES string of the molecule is O=P(C=C(Cl)c1ccccc1)(C=C(Cl)c1ccccc1)N1CCOCC1. The summed E-state index contributed by atoms with van der Waals surface area (Å²) in [6.07, 6.45) is 0. The van der Waals surface area contributed by atoms with Crippen LogP contribution in [0.25, 0.3) is 10.1 Å². The lowest BCUT2D eigenvalue weighted by atomic mass is 10.2. The zero-order chi connectivity index (χ0) is 18.4. The van der Waals surface area contributed by atoms with Crippen LogP contribution in [0.3, 0.4) is 0 Å². The van der Waals surface area contributed by atoms with Crippen molar-refractivity contribution in [3.63, 3.8) is 0 Å². The Morgan fingerprint density at radius 1 is 0.846 bits per heavy atom. The Kier molecular flexibility index (Phi) is 6.74. The van der Waals surface area contributed by atoms with Gasteiger partial charge in [-0.1, -0.05) is 83.9 Å². The van der Waals surface area contributed by atoms with Gasteiger partial charge < -0.3 is 4.74 Å². The van der Waals surface area contributed by atoms with Crippen LogP contribution >= 0.6 is 30.5 Å². The Hall–Kier alpha value is -1.35.